The van der Waals surface area contributed by atoms with E-state index in [9.17, 15) is 0 Å². The van der Waals surface area contributed by atoms with Crippen molar-refractivity contribution in [3.05, 3.63) is 59.4 Å². The van der Waals surface area contributed by atoms with Gasteiger partial charge in [0.1, 0.15) is 0 Å². The fraction of sp³-hybridized carbons (Fsp3) is 0.444. The Morgan fingerprint density at radius 2 is 1.80 bits per heavy atom. The SMILES string of the molecule is CCCNCc1ccn(Cc2ccc(C(C)C)cc2)c1. The van der Waals surface area contributed by atoms with Crippen molar-refractivity contribution in [1.82, 2.24) is 9.88 Å². The Balaban J connectivity index is 1.92. The summed E-state index contributed by atoms with van der Waals surface area (Å²) in [4.78, 5) is 0. The molecule has 0 saturated heterocycles. The summed E-state index contributed by atoms with van der Waals surface area (Å²) < 4.78 is 2.26. The number of hydrogen-bond donors (Lipinski definition) is 1. The average Bonchev–Trinajstić information content (AvgIpc) is 2.87. The van der Waals surface area contributed by atoms with Crippen LogP contribution in [0, 0.1) is 0 Å². The molecule has 0 aliphatic carbocycles. The summed E-state index contributed by atoms with van der Waals surface area (Å²) in [7, 11) is 0. The molecular formula is C18H26N2. The molecule has 0 atom stereocenters. The molecule has 0 spiro atoms. The summed E-state index contributed by atoms with van der Waals surface area (Å²) in [6.07, 6.45) is 5.58. The summed E-state index contributed by atoms with van der Waals surface area (Å²) in [5.41, 5.74) is 4.13. The molecule has 0 radical (unpaired) electrons. The molecule has 2 heteroatoms. The predicted molar refractivity (Wildman–Crippen MR) is 86.1 cm³/mol. The van der Waals surface area contributed by atoms with Gasteiger partial charge in [0.2, 0.25) is 0 Å². The van der Waals surface area contributed by atoms with Crippen molar-refractivity contribution in [3.8, 4) is 0 Å². The van der Waals surface area contributed by atoms with Gasteiger partial charge >= 0.3 is 0 Å². The van der Waals surface area contributed by atoms with Crippen molar-refractivity contribution >= 4 is 0 Å². The number of hydrogen-bond acceptors (Lipinski definition) is 1. The van der Waals surface area contributed by atoms with Crippen molar-refractivity contribution in [3.63, 3.8) is 0 Å². The summed E-state index contributed by atoms with van der Waals surface area (Å²) >= 11 is 0. The number of rotatable bonds is 7. The van der Waals surface area contributed by atoms with Crippen LogP contribution in [0.25, 0.3) is 0 Å². The lowest BCUT2D eigenvalue weighted by Crippen LogP contribution is -2.13. The first-order chi connectivity index (χ1) is 9.69. The minimum atomic E-state index is 0.604. The quantitative estimate of drug-likeness (QED) is 0.748. The van der Waals surface area contributed by atoms with Gasteiger partial charge in [0, 0.05) is 25.5 Å². The molecule has 2 rings (SSSR count). The van der Waals surface area contributed by atoms with Gasteiger partial charge in [-0.2, -0.15) is 0 Å². The van der Waals surface area contributed by atoms with E-state index in [1.54, 1.807) is 0 Å². The van der Waals surface area contributed by atoms with Gasteiger partial charge in [-0.05, 0) is 41.6 Å². The van der Waals surface area contributed by atoms with E-state index in [-0.39, 0.29) is 0 Å². The lowest BCUT2D eigenvalue weighted by atomic mass is 10.0. The van der Waals surface area contributed by atoms with E-state index in [0.717, 1.165) is 19.6 Å². The second-order valence-electron chi connectivity index (χ2n) is 5.77. The van der Waals surface area contributed by atoms with Crippen LogP contribution in [0.15, 0.2) is 42.7 Å². The highest BCUT2D eigenvalue weighted by Gasteiger charge is 2.01. The maximum absolute atomic E-state index is 3.44. The third kappa shape index (κ3) is 4.24. The highest BCUT2D eigenvalue weighted by Crippen LogP contribution is 2.15. The van der Waals surface area contributed by atoms with E-state index < -0.39 is 0 Å². The molecule has 0 aliphatic heterocycles. The zero-order chi connectivity index (χ0) is 14.4. The maximum Gasteiger partial charge on any atom is 0.0470 e. The summed E-state index contributed by atoms with van der Waals surface area (Å²) in [6, 6.07) is 11.2. The molecule has 0 saturated carbocycles. The Morgan fingerprint density at radius 1 is 1.05 bits per heavy atom. The van der Waals surface area contributed by atoms with E-state index in [2.05, 4.69) is 73.4 Å². The molecule has 1 N–H and O–H groups in total. The number of aromatic nitrogens is 1. The Bertz CT molecular complexity index is 508. The lowest BCUT2D eigenvalue weighted by molar-refractivity contribution is 0.673. The average molecular weight is 270 g/mol. The predicted octanol–water partition coefficient (Wildman–Crippen LogP) is 4.16. The Labute approximate surface area is 122 Å². The molecule has 0 aliphatic rings. The van der Waals surface area contributed by atoms with E-state index in [1.165, 1.54) is 23.1 Å². The summed E-state index contributed by atoms with van der Waals surface area (Å²) in [5.74, 6) is 0.604. The van der Waals surface area contributed by atoms with E-state index in [0.29, 0.717) is 5.92 Å². The topological polar surface area (TPSA) is 17.0 Å². The second kappa shape index (κ2) is 7.30. The lowest BCUT2D eigenvalue weighted by Gasteiger charge is -2.07. The van der Waals surface area contributed by atoms with Crippen LogP contribution in [0.5, 0.6) is 0 Å². The highest BCUT2D eigenvalue weighted by molar-refractivity contribution is 5.25. The minimum Gasteiger partial charge on any atom is -0.350 e. The third-order valence-corrected chi connectivity index (χ3v) is 3.58. The molecule has 0 amide bonds. The zero-order valence-electron chi connectivity index (χ0n) is 12.9. The van der Waals surface area contributed by atoms with Gasteiger partial charge in [-0.15, -0.1) is 0 Å². The van der Waals surface area contributed by atoms with Crippen molar-refractivity contribution < 1.29 is 0 Å². The molecule has 1 aromatic carbocycles. The van der Waals surface area contributed by atoms with Crippen molar-refractivity contribution in [2.45, 2.75) is 46.2 Å². The van der Waals surface area contributed by atoms with Gasteiger partial charge in [-0.1, -0.05) is 45.0 Å². The molecule has 20 heavy (non-hydrogen) atoms. The first-order valence-corrected chi connectivity index (χ1v) is 7.63. The molecule has 0 fully saturated rings. The van der Waals surface area contributed by atoms with Crippen LogP contribution in [-0.2, 0) is 13.1 Å². The molecular weight excluding hydrogens is 244 g/mol. The highest BCUT2D eigenvalue weighted by atomic mass is 14.9. The van der Waals surface area contributed by atoms with Crippen molar-refractivity contribution in [1.29, 1.82) is 0 Å². The van der Waals surface area contributed by atoms with Crippen LogP contribution in [0.1, 0.15) is 49.8 Å². The van der Waals surface area contributed by atoms with Crippen molar-refractivity contribution in [2.24, 2.45) is 0 Å². The Hall–Kier alpha value is -1.54. The Kier molecular flexibility index (Phi) is 5.42. The fourth-order valence-electron chi connectivity index (χ4n) is 2.32. The van der Waals surface area contributed by atoms with E-state index >= 15 is 0 Å². The Morgan fingerprint density at radius 3 is 2.45 bits per heavy atom. The normalized spacial score (nSPS) is 11.2. The van der Waals surface area contributed by atoms with Gasteiger partial charge in [0.15, 0.2) is 0 Å². The first kappa shape index (κ1) is 14.9. The van der Waals surface area contributed by atoms with Crippen LogP contribution in [0.4, 0.5) is 0 Å². The van der Waals surface area contributed by atoms with Crippen LogP contribution in [-0.4, -0.2) is 11.1 Å². The second-order valence-corrected chi connectivity index (χ2v) is 5.77. The molecule has 0 bridgehead atoms. The summed E-state index contributed by atoms with van der Waals surface area (Å²) in [5, 5.41) is 3.44. The monoisotopic (exact) mass is 270 g/mol. The smallest absolute Gasteiger partial charge is 0.0470 e. The molecule has 0 unspecified atom stereocenters. The molecule has 2 nitrogen and oxygen atoms in total. The van der Waals surface area contributed by atoms with Crippen LogP contribution < -0.4 is 5.32 Å². The standard InChI is InChI=1S/C18H26N2/c1-4-10-19-12-17-9-11-20(14-17)13-16-5-7-18(8-6-16)15(2)3/h5-9,11,14-15,19H,4,10,12-13H2,1-3H3. The largest absolute Gasteiger partial charge is 0.350 e. The number of nitrogens with zero attached hydrogens (tertiary/aromatic N) is 1. The minimum absolute atomic E-state index is 0.604. The fourth-order valence-corrected chi connectivity index (χ4v) is 2.32. The van der Waals surface area contributed by atoms with E-state index in [1.807, 2.05) is 0 Å². The van der Waals surface area contributed by atoms with Gasteiger partial charge < -0.3 is 9.88 Å². The van der Waals surface area contributed by atoms with Crippen LogP contribution in [0.2, 0.25) is 0 Å². The van der Waals surface area contributed by atoms with Gasteiger partial charge in [-0.3, -0.25) is 0 Å². The van der Waals surface area contributed by atoms with Gasteiger partial charge in [-0.25, -0.2) is 0 Å². The van der Waals surface area contributed by atoms with Gasteiger partial charge in [0.05, 0.1) is 0 Å². The zero-order valence-corrected chi connectivity index (χ0v) is 12.9. The van der Waals surface area contributed by atoms with Crippen molar-refractivity contribution in [2.75, 3.05) is 6.54 Å². The molecule has 2 aromatic rings. The molecule has 1 aromatic heterocycles. The third-order valence-electron chi connectivity index (χ3n) is 3.58. The van der Waals surface area contributed by atoms with Crippen LogP contribution in [0.3, 0.4) is 0 Å². The molecule has 1 heterocycles. The summed E-state index contributed by atoms with van der Waals surface area (Å²) in [6.45, 7) is 9.66. The van der Waals surface area contributed by atoms with E-state index in [4.69, 9.17) is 0 Å². The number of nitrogens with one attached hydrogen (secondary N) is 1. The number of benzene rings is 1. The first-order valence-electron chi connectivity index (χ1n) is 7.63. The van der Waals surface area contributed by atoms with Gasteiger partial charge in [0.25, 0.3) is 0 Å². The molecule has 108 valence electrons. The maximum atomic E-state index is 3.44. The van der Waals surface area contributed by atoms with Crippen LogP contribution >= 0.6 is 0 Å².